The smallest absolute Gasteiger partial charge is 0.269 e. The fourth-order valence-electron chi connectivity index (χ4n) is 5.74. The Hall–Kier alpha value is -3.96. The van der Waals surface area contributed by atoms with Crippen LogP contribution in [0.5, 0.6) is 0 Å². The number of benzene rings is 3. The average molecular weight is 549 g/mol. The molecule has 0 saturated carbocycles. The van der Waals surface area contributed by atoms with Crippen LogP contribution < -0.4 is 4.90 Å². The average Bonchev–Trinajstić information content (AvgIpc) is 3.31. The molecule has 1 aliphatic heterocycles. The van der Waals surface area contributed by atoms with Crippen molar-refractivity contribution < 1.29 is 9.59 Å². The molecule has 2 heterocycles. The highest BCUT2D eigenvalue weighted by Crippen LogP contribution is 2.44. The van der Waals surface area contributed by atoms with E-state index in [9.17, 15) is 9.59 Å². The second kappa shape index (κ2) is 12.1. The van der Waals surface area contributed by atoms with Crippen LogP contribution in [0.25, 0.3) is 10.1 Å². The van der Waals surface area contributed by atoms with Gasteiger partial charge in [-0.25, -0.2) is 0 Å². The fourth-order valence-corrected chi connectivity index (χ4v) is 6.89. The Kier molecular flexibility index (Phi) is 8.32. The highest BCUT2D eigenvalue weighted by molar-refractivity contribution is 7.21. The summed E-state index contributed by atoms with van der Waals surface area (Å²) in [6.07, 6.45) is 8.04. The van der Waals surface area contributed by atoms with Crippen LogP contribution in [-0.2, 0) is 11.2 Å². The van der Waals surface area contributed by atoms with Crippen molar-refractivity contribution >= 4 is 38.9 Å². The zero-order valence-electron chi connectivity index (χ0n) is 23.6. The Morgan fingerprint density at radius 1 is 1.00 bits per heavy atom. The minimum Gasteiger partial charge on any atom is -0.309 e. The Morgan fingerprint density at radius 2 is 1.70 bits per heavy atom. The quantitative estimate of drug-likeness (QED) is 0.217. The van der Waals surface area contributed by atoms with Crippen molar-refractivity contribution in [1.82, 2.24) is 4.90 Å². The topological polar surface area (TPSA) is 40.6 Å². The van der Waals surface area contributed by atoms with Crippen LogP contribution in [-0.4, -0.2) is 22.8 Å². The normalized spacial score (nSPS) is 17.3. The first-order valence-corrected chi connectivity index (χ1v) is 14.9. The number of anilines is 1. The zero-order chi connectivity index (χ0) is 28.2. The van der Waals surface area contributed by atoms with Crippen LogP contribution in [0.1, 0.15) is 66.0 Å². The Labute approximate surface area is 241 Å². The molecule has 0 radical (unpaired) electrons. The molecular weight excluding hydrogens is 512 g/mol. The minimum absolute atomic E-state index is 0.00335. The first-order chi connectivity index (χ1) is 19.4. The van der Waals surface area contributed by atoms with E-state index in [-0.39, 0.29) is 23.9 Å². The summed E-state index contributed by atoms with van der Waals surface area (Å²) in [5.41, 5.74) is 4.77. The van der Waals surface area contributed by atoms with Gasteiger partial charge in [-0.2, -0.15) is 0 Å². The number of allylic oxidation sites excluding steroid dienone is 3. The van der Waals surface area contributed by atoms with Gasteiger partial charge < -0.3 is 9.80 Å². The number of thiophene rings is 1. The van der Waals surface area contributed by atoms with Crippen molar-refractivity contribution in [1.29, 1.82) is 0 Å². The van der Waals surface area contributed by atoms with Crippen molar-refractivity contribution in [3.63, 3.8) is 0 Å². The minimum atomic E-state index is -0.211. The molecule has 0 fully saturated rings. The third kappa shape index (κ3) is 5.26. The van der Waals surface area contributed by atoms with Gasteiger partial charge in [0.25, 0.3) is 5.91 Å². The molecule has 4 nitrogen and oxygen atoms in total. The molecule has 4 aromatic rings. The van der Waals surface area contributed by atoms with Gasteiger partial charge in [-0.05, 0) is 73.9 Å². The number of hydrogen-bond donors (Lipinski definition) is 0. The lowest BCUT2D eigenvalue weighted by Crippen LogP contribution is -2.47. The number of rotatable bonds is 7. The second-order valence-electron chi connectivity index (χ2n) is 10.3. The zero-order valence-corrected chi connectivity index (χ0v) is 24.4. The van der Waals surface area contributed by atoms with Crippen LogP contribution in [0.2, 0.25) is 0 Å². The van der Waals surface area contributed by atoms with Gasteiger partial charge in [-0.3, -0.25) is 9.59 Å². The molecule has 0 bridgehead atoms. The number of amides is 2. The van der Waals surface area contributed by atoms with Crippen LogP contribution in [0.4, 0.5) is 5.69 Å². The highest BCUT2D eigenvalue weighted by atomic mass is 32.1. The van der Waals surface area contributed by atoms with E-state index in [1.165, 1.54) is 0 Å². The van der Waals surface area contributed by atoms with Gasteiger partial charge in [-0.1, -0.05) is 85.8 Å². The number of carbonyl (C=O) groups excluding carboxylic acids is 2. The van der Waals surface area contributed by atoms with Gasteiger partial charge in [-0.15, -0.1) is 11.3 Å². The molecule has 0 N–H and O–H groups in total. The number of fused-ring (bicyclic) bond motifs is 2. The molecule has 2 atom stereocenters. The van der Waals surface area contributed by atoms with E-state index in [0.29, 0.717) is 12.8 Å². The number of hydrogen-bond acceptors (Lipinski definition) is 3. The fraction of sp³-hybridized carbons (Fsp3) is 0.257. The summed E-state index contributed by atoms with van der Waals surface area (Å²) < 4.78 is 1.12. The van der Waals surface area contributed by atoms with Gasteiger partial charge in [0.1, 0.15) is 0 Å². The molecule has 5 heteroatoms. The molecule has 1 aromatic heterocycles. The van der Waals surface area contributed by atoms with Crippen molar-refractivity contribution in [2.75, 3.05) is 4.90 Å². The Bertz CT molecular complexity index is 1580. The molecule has 0 saturated heterocycles. The second-order valence-corrected chi connectivity index (χ2v) is 11.4. The summed E-state index contributed by atoms with van der Waals surface area (Å²) >= 11 is 1.56. The summed E-state index contributed by atoms with van der Waals surface area (Å²) in [5.74, 6) is 0.0728. The summed E-state index contributed by atoms with van der Waals surface area (Å²) in [5, 5.41) is 1.12. The van der Waals surface area contributed by atoms with Gasteiger partial charge in [0.15, 0.2) is 0 Å². The highest BCUT2D eigenvalue weighted by Gasteiger charge is 2.39. The van der Waals surface area contributed by atoms with E-state index >= 15 is 0 Å². The SMILES string of the molecule is C/C=C(\C=C/CC)N(C(=O)c1sc2ccccc2c1C)C1CC(C)N(C(=O)Cc2ccccc2)c2ccccc21. The van der Waals surface area contributed by atoms with Crippen LogP contribution in [0.3, 0.4) is 0 Å². The number of nitrogens with zero attached hydrogens (tertiary/aromatic N) is 2. The molecular formula is C35H36N2O2S. The summed E-state index contributed by atoms with van der Waals surface area (Å²) in [7, 11) is 0. The largest absolute Gasteiger partial charge is 0.309 e. The monoisotopic (exact) mass is 548 g/mol. The van der Waals surface area contributed by atoms with E-state index in [2.05, 4.69) is 44.2 Å². The molecule has 2 unspecified atom stereocenters. The first kappa shape index (κ1) is 27.6. The van der Waals surface area contributed by atoms with Crippen LogP contribution in [0.15, 0.2) is 103 Å². The number of carbonyl (C=O) groups is 2. The maximum Gasteiger partial charge on any atom is 0.269 e. The lowest BCUT2D eigenvalue weighted by molar-refractivity contribution is -0.118. The first-order valence-electron chi connectivity index (χ1n) is 14.0. The molecule has 0 spiro atoms. The maximum atomic E-state index is 14.6. The molecule has 0 aliphatic carbocycles. The van der Waals surface area contributed by atoms with Crippen molar-refractivity contribution in [2.45, 2.75) is 59.0 Å². The third-order valence-corrected chi connectivity index (χ3v) is 8.95. The molecule has 3 aromatic carbocycles. The lowest BCUT2D eigenvalue weighted by Gasteiger charge is -2.44. The van der Waals surface area contributed by atoms with Crippen LogP contribution >= 0.6 is 11.3 Å². The molecule has 204 valence electrons. The van der Waals surface area contributed by atoms with E-state index in [1.54, 1.807) is 11.3 Å². The standard InChI is InChI=1S/C35H36N2O2S/c1-5-7-17-27(6-2)37(35(39)34-25(4)28-18-12-14-21-32(28)40-34)31-22-24(3)36(30-20-13-11-19-29(30)31)33(38)23-26-15-9-8-10-16-26/h6-21,24,31H,5,22-23H2,1-4H3/b17-7-,27-6+. The number of para-hydroxylation sites is 1. The van der Waals surface area contributed by atoms with Crippen molar-refractivity contribution in [3.8, 4) is 0 Å². The third-order valence-electron chi connectivity index (χ3n) is 7.69. The summed E-state index contributed by atoms with van der Waals surface area (Å²) in [6.45, 7) is 8.22. The van der Waals surface area contributed by atoms with Gasteiger partial charge >= 0.3 is 0 Å². The predicted molar refractivity (Wildman–Crippen MR) is 167 cm³/mol. The van der Waals surface area contributed by atoms with Crippen LogP contribution in [0, 0.1) is 6.92 Å². The Morgan fingerprint density at radius 3 is 2.42 bits per heavy atom. The van der Waals surface area contributed by atoms with Crippen molar-refractivity contribution in [3.05, 3.63) is 124 Å². The number of aryl methyl sites for hydroxylation is 1. The molecule has 40 heavy (non-hydrogen) atoms. The predicted octanol–water partition coefficient (Wildman–Crippen LogP) is 8.63. The summed E-state index contributed by atoms with van der Waals surface area (Å²) in [6, 6.07) is 25.9. The molecule has 5 rings (SSSR count). The van der Waals surface area contributed by atoms with E-state index < -0.39 is 0 Å². The van der Waals surface area contributed by atoms with Crippen molar-refractivity contribution in [2.24, 2.45) is 0 Å². The molecule has 2 amide bonds. The Balaban J connectivity index is 1.59. The van der Waals surface area contributed by atoms with E-state index in [0.717, 1.165) is 49.5 Å². The van der Waals surface area contributed by atoms with E-state index in [4.69, 9.17) is 0 Å². The van der Waals surface area contributed by atoms with E-state index in [1.807, 2.05) is 90.4 Å². The lowest BCUT2D eigenvalue weighted by atomic mass is 9.89. The molecule has 1 aliphatic rings. The summed E-state index contributed by atoms with van der Waals surface area (Å²) in [4.78, 5) is 32.9. The van der Waals surface area contributed by atoms with Gasteiger partial charge in [0, 0.05) is 22.1 Å². The van der Waals surface area contributed by atoms with Gasteiger partial charge in [0.2, 0.25) is 5.91 Å². The van der Waals surface area contributed by atoms with Gasteiger partial charge in [0.05, 0.1) is 17.3 Å². The maximum absolute atomic E-state index is 14.6.